The fraction of sp³-hybridized carbons (Fsp3) is 0.571. The fourth-order valence-electron chi connectivity index (χ4n) is 1.84. The van der Waals surface area contributed by atoms with E-state index in [2.05, 4.69) is 36.5 Å². The van der Waals surface area contributed by atoms with Crippen molar-refractivity contribution >= 4 is 11.8 Å². The highest BCUT2D eigenvalue weighted by Gasteiger charge is 2.13. The number of aliphatic hydroxyl groups excluding tert-OH is 1. The molecule has 0 fully saturated rings. The highest BCUT2D eigenvalue weighted by Crippen LogP contribution is 2.10. The maximum Gasteiger partial charge on any atom is 0.0564 e. The molecule has 0 amide bonds. The lowest BCUT2D eigenvalue weighted by atomic mass is 10.1. The Morgan fingerprint density at radius 2 is 2.00 bits per heavy atom. The van der Waals surface area contributed by atoms with E-state index in [9.17, 15) is 5.11 Å². The van der Waals surface area contributed by atoms with Gasteiger partial charge in [0, 0.05) is 11.3 Å². The molecule has 3 heteroatoms. The third-order valence-corrected chi connectivity index (χ3v) is 4.15. The number of hydrogen-bond acceptors (Lipinski definition) is 3. The van der Waals surface area contributed by atoms with E-state index in [-0.39, 0.29) is 6.61 Å². The smallest absolute Gasteiger partial charge is 0.0564 e. The van der Waals surface area contributed by atoms with Crippen LogP contribution in [0.25, 0.3) is 0 Å². The second-order valence-corrected chi connectivity index (χ2v) is 5.37. The van der Waals surface area contributed by atoms with Crippen molar-refractivity contribution in [3.8, 4) is 0 Å². The SMILES string of the molecule is CSC(CO)C(C)NCCCc1ccccc1. The summed E-state index contributed by atoms with van der Waals surface area (Å²) in [6, 6.07) is 10.9. The minimum atomic E-state index is 0.244. The molecule has 0 bridgehead atoms. The van der Waals surface area contributed by atoms with Gasteiger partial charge in [-0.15, -0.1) is 0 Å². The van der Waals surface area contributed by atoms with Gasteiger partial charge in [-0.2, -0.15) is 11.8 Å². The van der Waals surface area contributed by atoms with Gasteiger partial charge in [0.05, 0.1) is 6.61 Å². The molecular weight excluding hydrogens is 230 g/mol. The number of nitrogens with one attached hydrogen (secondary N) is 1. The Balaban J connectivity index is 2.16. The van der Waals surface area contributed by atoms with Gasteiger partial charge in [0.1, 0.15) is 0 Å². The molecule has 0 heterocycles. The molecule has 0 spiro atoms. The summed E-state index contributed by atoms with van der Waals surface area (Å²) in [7, 11) is 0. The standard InChI is InChI=1S/C14H23NOS/c1-12(14(11-16)17-2)15-10-6-9-13-7-4-3-5-8-13/h3-5,7-8,12,14-16H,6,9-11H2,1-2H3. The van der Waals surface area contributed by atoms with Crippen LogP contribution in [0.3, 0.4) is 0 Å². The van der Waals surface area contributed by atoms with E-state index in [1.807, 2.05) is 12.3 Å². The van der Waals surface area contributed by atoms with Crippen LogP contribution in [0.1, 0.15) is 18.9 Å². The average Bonchev–Trinajstić information content (AvgIpc) is 2.37. The summed E-state index contributed by atoms with van der Waals surface area (Å²) >= 11 is 1.72. The molecule has 0 radical (unpaired) electrons. The Kier molecular flexibility index (Phi) is 7.33. The topological polar surface area (TPSA) is 32.3 Å². The van der Waals surface area contributed by atoms with Crippen LogP contribution in [0.4, 0.5) is 0 Å². The van der Waals surface area contributed by atoms with Crippen LogP contribution in [0.15, 0.2) is 30.3 Å². The molecule has 0 aromatic heterocycles. The first-order chi connectivity index (χ1) is 8.27. The molecular formula is C14H23NOS. The van der Waals surface area contributed by atoms with E-state index in [1.165, 1.54) is 5.56 Å². The Morgan fingerprint density at radius 1 is 1.29 bits per heavy atom. The number of aliphatic hydroxyl groups is 1. The van der Waals surface area contributed by atoms with E-state index in [0.717, 1.165) is 19.4 Å². The van der Waals surface area contributed by atoms with Crippen molar-refractivity contribution in [1.29, 1.82) is 0 Å². The number of hydrogen-bond donors (Lipinski definition) is 2. The van der Waals surface area contributed by atoms with Crippen molar-refractivity contribution in [3.05, 3.63) is 35.9 Å². The quantitative estimate of drug-likeness (QED) is 0.697. The predicted molar refractivity (Wildman–Crippen MR) is 76.6 cm³/mol. The summed E-state index contributed by atoms with van der Waals surface area (Å²) in [6.07, 6.45) is 4.30. The first kappa shape index (κ1) is 14.6. The van der Waals surface area contributed by atoms with Crippen LogP contribution in [0.2, 0.25) is 0 Å². The highest BCUT2D eigenvalue weighted by atomic mass is 32.2. The Labute approximate surface area is 109 Å². The van der Waals surface area contributed by atoms with Crippen molar-refractivity contribution in [1.82, 2.24) is 5.32 Å². The average molecular weight is 253 g/mol. The summed E-state index contributed by atoms with van der Waals surface area (Å²) in [5, 5.41) is 12.9. The normalized spacial score (nSPS) is 14.5. The molecule has 2 N–H and O–H groups in total. The third-order valence-electron chi connectivity index (χ3n) is 2.99. The zero-order valence-corrected chi connectivity index (χ0v) is 11.5. The fourth-order valence-corrected chi connectivity index (χ4v) is 2.49. The molecule has 1 aromatic carbocycles. The van der Waals surface area contributed by atoms with E-state index < -0.39 is 0 Å². The van der Waals surface area contributed by atoms with E-state index in [0.29, 0.717) is 11.3 Å². The lowest BCUT2D eigenvalue weighted by Crippen LogP contribution is -2.38. The van der Waals surface area contributed by atoms with Crippen molar-refractivity contribution in [2.24, 2.45) is 0 Å². The Bertz CT molecular complexity index is 288. The van der Waals surface area contributed by atoms with Gasteiger partial charge in [0.2, 0.25) is 0 Å². The predicted octanol–water partition coefficient (Wildman–Crippen LogP) is 2.32. The van der Waals surface area contributed by atoms with Gasteiger partial charge < -0.3 is 10.4 Å². The van der Waals surface area contributed by atoms with Crippen molar-refractivity contribution in [3.63, 3.8) is 0 Å². The molecule has 17 heavy (non-hydrogen) atoms. The largest absolute Gasteiger partial charge is 0.395 e. The molecule has 0 saturated carbocycles. The first-order valence-corrected chi connectivity index (χ1v) is 7.47. The second kappa shape index (κ2) is 8.56. The van der Waals surface area contributed by atoms with Crippen LogP contribution in [0, 0.1) is 0 Å². The summed E-state index contributed by atoms with van der Waals surface area (Å²) in [5.74, 6) is 0. The number of aryl methyl sites for hydroxylation is 1. The van der Waals surface area contributed by atoms with E-state index in [1.54, 1.807) is 11.8 Å². The lowest BCUT2D eigenvalue weighted by molar-refractivity contribution is 0.276. The van der Waals surface area contributed by atoms with Gasteiger partial charge in [0.25, 0.3) is 0 Å². The molecule has 96 valence electrons. The maximum atomic E-state index is 9.17. The Morgan fingerprint density at radius 3 is 2.59 bits per heavy atom. The molecule has 0 aliphatic rings. The van der Waals surface area contributed by atoms with Gasteiger partial charge in [-0.25, -0.2) is 0 Å². The number of benzene rings is 1. The van der Waals surface area contributed by atoms with Crippen LogP contribution in [-0.4, -0.2) is 35.8 Å². The second-order valence-electron chi connectivity index (χ2n) is 4.29. The van der Waals surface area contributed by atoms with Gasteiger partial charge in [-0.05, 0) is 38.1 Å². The maximum absolute atomic E-state index is 9.17. The van der Waals surface area contributed by atoms with Gasteiger partial charge in [-0.1, -0.05) is 30.3 Å². The van der Waals surface area contributed by atoms with Crippen molar-refractivity contribution < 1.29 is 5.11 Å². The molecule has 1 aromatic rings. The molecule has 2 atom stereocenters. The molecule has 0 aliphatic heterocycles. The Hall–Kier alpha value is -0.510. The van der Waals surface area contributed by atoms with Crippen LogP contribution in [-0.2, 0) is 6.42 Å². The minimum absolute atomic E-state index is 0.244. The highest BCUT2D eigenvalue weighted by molar-refractivity contribution is 7.99. The first-order valence-electron chi connectivity index (χ1n) is 6.19. The molecule has 2 unspecified atom stereocenters. The summed E-state index contributed by atoms with van der Waals surface area (Å²) in [4.78, 5) is 0. The number of rotatable bonds is 8. The number of thioether (sulfide) groups is 1. The summed E-state index contributed by atoms with van der Waals surface area (Å²) in [5.41, 5.74) is 1.39. The van der Waals surface area contributed by atoms with Crippen LogP contribution in [0.5, 0.6) is 0 Å². The third kappa shape index (κ3) is 5.57. The summed E-state index contributed by atoms with van der Waals surface area (Å²) < 4.78 is 0. The van der Waals surface area contributed by atoms with E-state index >= 15 is 0 Å². The van der Waals surface area contributed by atoms with Gasteiger partial charge >= 0.3 is 0 Å². The molecule has 0 saturated heterocycles. The molecule has 2 nitrogen and oxygen atoms in total. The molecule has 0 aliphatic carbocycles. The van der Waals surface area contributed by atoms with Crippen LogP contribution < -0.4 is 5.32 Å². The van der Waals surface area contributed by atoms with Gasteiger partial charge in [0.15, 0.2) is 0 Å². The minimum Gasteiger partial charge on any atom is -0.395 e. The van der Waals surface area contributed by atoms with Crippen LogP contribution >= 0.6 is 11.8 Å². The zero-order valence-electron chi connectivity index (χ0n) is 10.7. The van der Waals surface area contributed by atoms with Crippen molar-refractivity contribution in [2.75, 3.05) is 19.4 Å². The zero-order chi connectivity index (χ0) is 12.5. The summed E-state index contributed by atoms with van der Waals surface area (Å²) in [6.45, 7) is 3.39. The van der Waals surface area contributed by atoms with Crippen molar-refractivity contribution in [2.45, 2.75) is 31.1 Å². The van der Waals surface area contributed by atoms with E-state index in [4.69, 9.17) is 0 Å². The monoisotopic (exact) mass is 253 g/mol. The lowest BCUT2D eigenvalue weighted by Gasteiger charge is -2.21. The van der Waals surface area contributed by atoms with Gasteiger partial charge in [-0.3, -0.25) is 0 Å². The molecule has 1 rings (SSSR count).